The number of hydrogen-bond donors (Lipinski definition) is 1. The van der Waals surface area contributed by atoms with Crippen LogP contribution in [0.1, 0.15) is 20.3 Å². The summed E-state index contributed by atoms with van der Waals surface area (Å²) in [6.07, 6.45) is 3.95. The molecule has 0 aliphatic carbocycles. The van der Waals surface area contributed by atoms with Crippen molar-refractivity contribution < 1.29 is 13.9 Å². The second kappa shape index (κ2) is 9.70. The Kier molecular flexibility index (Phi) is 6.74. The van der Waals surface area contributed by atoms with E-state index < -0.39 is 0 Å². The number of carbonyl (C=O) groups is 1. The van der Waals surface area contributed by atoms with Crippen LogP contribution in [0.2, 0.25) is 5.02 Å². The fraction of sp³-hybridized carbons (Fsp3) is 0.333. The first-order valence-electron chi connectivity index (χ1n) is 10.7. The number of amides is 1. The fourth-order valence-electron chi connectivity index (χ4n) is 3.86. The van der Waals surface area contributed by atoms with E-state index >= 15 is 0 Å². The molecule has 0 spiro atoms. The lowest BCUT2D eigenvalue weighted by Crippen LogP contribution is -2.34. The first kappa shape index (κ1) is 22.9. The largest absolute Gasteiger partial charge is 0.478 e. The zero-order chi connectivity index (χ0) is 23.5. The van der Waals surface area contributed by atoms with E-state index in [0.29, 0.717) is 52.3 Å². The van der Waals surface area contributed by atoms with Crippen molar-refractivity contribution in [2.45, 2.75) is 26.3 Å². The molecule has 0 saturated carbocycles. The molecule has 3 heterocycles. The molecule has 4 rings (SSSR count). The molecule has 1 aliphatic rings. The Hall–Kier alpha value is -3.26. The van der Waals surface area contributed by atoms with Crippen LogP contribution in [0.15, 0.2) is 42.7 Å². The lowest BCUT2D eigenvalue weighted by atomic mass is 10.0. The van der Waals surface area contributed by atoms with Crippen LogP contribution < -0.4 is 10.1 Å². The van der Waals surface area contributed by atoms with Crippen molar-refractivity contribution in [3.05, 3.63) is 53.6 Å². The van der Waals surface area contributed by atoms with Gasteiger partial charge in [0.1, 0.15) is 17.2 Å². The summed E-state index contributed by atoms with van der Waals surface area (Å²) in [5.74, 6) is 0.496. The van der Waals surface area contributed by atoms with Crippen LogP contribution in [0.25, 0.3) is 22.5 Å². The molecule has 1 atom stereocenters. The third-order valence-corrected chi connectivity index (χ3v) is 5.84. The summed E-state index contributed by atoms with van der Waals surface area (Å²) in [5, 5.41) is 3.81. The Balaban J connectivity index is 1.74. The number of aromatic nitrogens is 3. The molecule has 1 saturated heterocycles. The highest BCUT2D eigenvalue weighted by Crippen LogP contribution is 2.37. The first-order chi connectivity index (χ1) is 15.9. The Bertz CT molecular complexity index is 1160. The van der Waals surface area contributed by atoms with Gasteiger partial charge in [0.25, 0.3) is 5.88 Å². The van der Waals surface area contributed by atoms with Crippen molar-refractivity contribution >= 4 is 23.3 Å². The third kappa shape index (κ3) is 4.90. The molecule has 33 heavy (non-hydrogen) atoms. The monoisotopic (exact) mass is 469 g/mol. The predicted molar refractivity (Wildman–Crippen MR) is 126 cm³/mol. The average Bonchev–Trinajstić information content (AvgIpc) is 3.27. The molecule has 3 aromatic rings. The van der Waals surface area contributed by atoms with E-state index in [2.05, 4.69) is 10.3 Å². The second-order valence-electron chi connectivity index (χ2n) is 8.21. The van der Waals surface area contributed by atoms with Gasteiger partial charge in [-0.25, -0.2) is 14.4 Å². The van der Waals surface area contributed by atoms with E-state index in [1.165, 1.54) is 25.4 Å². The minimum atomic E-state index is -0.345. The van der Waals surface area contributed by atoms with Gasteiger partial charge in [0.15, 0.2) is 5.82 Å². The summed E-state index contributed by atoms with van der Waals surface area (Å²) in [7, 11) is 1.52. The highest BCUT2D eigenvalue weighted by atomic mass is 35.5. The number of carbonyl (C=O) groups excluding carboxylic acids is 1. The number of pyridine rings is 1. The minimum Gasteiger partial charge on any atom is -0.478 e. The molecule has 9 heteroatoms. The molecule has 1 N–H and O–H groups in total. The number of ether oxygens (including phenoxy) is 1. The van der Waals surface area contributed by atoms with Crippen molar-refractivity contribution in [3.8, 4) is 28.4 Å². The Morgan fingerprint density at radius 3 is 2.64 bits per heavy atom. The van der Waals surface area contributed by atoms with Crippen molar-refractivity contribution in [3.63, 3.8) is 0 Å². The van der Waals surface area contributed by atoms with Crippen LogP contribution in [0.4, 0.5) is 10.2 Å². The van der Waals surface area contributed by atoms with E-state index in [0.717, 1.165) is 6.42 Å². The molecular weight excluding hydrogens is 445 g/mol. The molecule has 0 unspecified atom stereocenters. The fourth-order valence-corrected chi connectivity index (χ4v) is 4.07. The number of methoxy groups -OCH3 is 1. The number of anilines is 1. The van der Waals surface area contributed by atoms with Crippen LogP contribution in [0.3, 0.4) is 0 Å². The Morgan fingerprint density at radius 1 is 1.21 bits per heavy atom. The van der Waals surface area contributed by atoms with Crippen LogP contribution in [0.5, 0.6) is 5.88 Å². The molecular formula is C24H25ClFN5O2. The summed E-state index contributed by atoms with van der Waals surface area (Å²) >= 11 is 6.44. The van der Waals surface area contributed by atoms with E-state index in [4.69, 9.17) is 26.3 Å². The van der Waals surface area contributed by atoms with Gasteiger partial charge in [0.05, 0.1) is 12.1 Å². The summed E-state index contributed by atoms with van der Waals surface area (Å²) in [6.45, 7) is 5.06. The van der Waals surface area contributed by atoms with Crippen molar-refractivity contribution in [2.75, 3.05) is 25.5 Å². The highest BCUT2D eigenvalue weighted by Gasteiger charge is 2.29. The van der Waals surface area contributed by atoms with E-state index in [-0.39, 0.29) is 23.7 Å². The van der Waals surface area contributed by atoms with E-state index in [1.54, 1.807) is 24.4 Å². The predicted octanol–water partition coefficient (Wildman–Crippen LogP) is 4.68. The number of likely N-dealkylation sites (tertiary alicyclic amines) is 1. The quantitative estimate of drug-likeness (QED) is 0.564. The SMILES string of the molecule is COc1nc(-c2ccc(F)cc2)c(-c2ccncc2Cl)nc1N[C@H]1CCN(C(=O)C(C)C)C1. The highest BCUT2D eigenvalue weighted by molar-refractivity contribution is 6.33. The lowest BCUT2D eigenvalue weighted by molar-refractivity contribution is -0.133. The standard InChI is InChI=1S/C24H25ClFN5O2/c1-14(2)24(32)31-11-9-17(13-31)28-22-23(33-3)30-20(15-4-6-16(26)7-5-15)21(29-22)18-8-10-27-12-19(18)25/h4-8,10,12,14,17H,9,11,13H2,1-3H3,(H,28,29)/t17-/m0/s1. The molecule has 2 aromatic heterocycles. The molecule has 1 aromatic carbocycles. The van der Waals surface area contributed by atoms with Crippen LogP contribution >= 0.6 is 11.6 Å². The minimum absolute atomic E-state index is 0.00772. The maximum absolute atomic E-state index is 13.5. The maximum Gasteiger partial charge on any atom is 0.257 e. The topological polar surface area (TPSA) is 80.2 Å². The Labute approximate surface area is 197 Å². The number of nitrogens with one attached hydrogen (secondary N) is 1. The van der Waals surface area contributed by atoms with Crippen molar-refractivity contribution in [2.24, 2.45) is 5.92 Å². The summed E-state index contributed by atoms with van der Waals surface area (Å²) in [6, 6.07) is 7.77. The summed E-state index contributed by atoms with van der Waals surface area (Å²) in [4.78, 5) is 27.8. The third-order valence-electron chi connectivity index (χ3n) is 5.54. The normalized spacial score (nSPS) is 15.7. The number of halogens is 2. The van der Waals surface area contributed by atoms with Gasteiger partial charge in [-0.1, -0.05) is 25.4 Å². The van der Waals surface area contributed by atoms with Gasteiger partial charge in [-0.2, -0.15) is 0 Å². The Morgan fingerprint density at radius 2 is 1.97 bits per heavy atom. The summed E-state index contributed by atoms with van der Waals surface area (Å²) in [5.41, 5.74) is 2.34. The van der Waals surface area contributed by atoms with Crippen molar-refractivity contribution in [1.29, 1.82) is 0 Å². The molecule has 1 amide bonds. The van der Waals surface area contributed by atoms with Gasteiger partial charge in [-0.3, -0.25) is 9.78 Å². The molecule has 1 aliphatic heterocycles. The van der Waals surface area contributed by atoms with Crippen molar-refractivity contribution in [1.82, 2.24) is 19.9 Å². The lowest BCUT2D eigenvalue weighted by Gasteiger charge is -2.20. The summed E-state index contributed by atoms with van der Waals surface area (Å²) < 4.78 is 19.1. The van der Waals surface area contributed by atoms with Gasteiger partial charge in [-0.05, 0) is 36.8 Å². The molecule has 7 nitrogen and oxygen atoms in total. The molecule has 172 valence electrons. The molecule has 0 radical (unpaired) electrons. The van der Waals surface area contributed by atoms with Crippen LogP contribution in [-0.2, 0) is 4.79 Å². The molecule has 0 bridgehead atoms. The maximum atomic E-state index is 13.5. The number of benzene rings is 1. The van der Waals surface area contributed by atoms with Crippen LogP contribution in [0, 0.1) is 11.7 Å². The van der Waals surface area contributed by atoms with E-state index in [1.807, 2.05) is 18.7 Å². The number of nitrogens with zero attached hydrogens (tertiary/aromatic N) is 4. The second-order valence-corrected chi connectivity index (χ2v) is 8.62. The zero-order valence-electron chi connectivity index (χ0n) is 18.7. The zero-order valence-corrected chi connectivity index (χ0v) is 19.4. The van der Waals surface area contributed by atoms with Gasteiger partial charge in [-0.15, -0.1) is 0 Å². The van der Waals surface area contributed by atoms with Gasteiger partial charge < -0.3 is 15.0 Å². The first-order valence-corrected chi connectivity index (χ1v) is 11.1. The number of rotatable bonds is 6. The van der Waals surface area contributed by atoms with Gasteiger partial charge >= 0.3 is 0 Å². The van der Waals surface area contributed by atoms with Gasteiger partial charge in [0.2, 0.25) is 5.91 Å². The van der Waals surface area contributed by atoms with Crippen LogP contribution in [-0.4, -0.2) is 52.0 Å². The van der Waals surface area contributed by atoms with E-state index in [9.17, 15) is 9.18 Å². The van der Waals surface area contributed by atoms with Gasteiger partial charge in [0, 0.05) is 48.6 Å². The number of hydrogen-bond acceptors (Lipinski definition) is 6. The molecule has 1 fully saturated rings. The average molecular weight is 470 g/mol. The smallest absolute Gasteiger partial charge is 0.257 e.